The molecule has 4 nitrogen and oxygen atoms in total. The van der Waals surface area contributed by atoms with Gasteiger partial charge in [-0.25, -0.2) is 13.5 Å². The largest absolute Gasteiger partial charge is 0.332 e. The van der Waals surface area contributed by atoms with Crippen molar-refractivity contribution in [3.8, 4) is 0 Å². The minimum atomic E-state index is -2.99. The Morgan fingerprint density at radius 1 is 1.17 bits per heavy atom. The van der Waals surface area contributed by atoms with E-state index in [1.165, 1.54) is 12.6 Å². The highest BCUT2D eigenvalue weighted by atomic mass is 19.3. The molecule has 0 N–H and O–H groups in total. The maximum atomic E-state index is 14.6. The van der Waals surface area contributed by atoms with Gasteiger partial charge < -0.3 is 4.90 Å². The van der Waals surface area contributed by atoms with Gasteiger partial charge in [-0.1, -0.05) is 43.2 Å². The van der Waals surface area contributed by atoms with Crippen molar-refractivity contribution < 1.29 is 18.0 Å². The standard InChI is InChI=1S/C22H26F3N3O/c1-27-21(25)18(19(26-27)20(23)24)22(29)28(16-11-12-16)17-10-6-5-9-15(17)13-14-7-3-2-4-8-14/h2-4,7-8,15-17,20H,5-6,9-13H2,1H3. The summed E-state index contributed by atoms with van der Waals surface area (Å²) in [5, 5.41) is 3.57. The van der Waals surface area contributed by atoms with Gasteiger partial charge in [0.25, 0.3) is 12.3 Å². The number of aryl methyl sites for hydroxylation is 1. The Bertz CT molecular complexity index is 864. The first-order valence-electron chi connectivity index (χ1n) is 10.3. The second-order valence-electron chi connectivity index (χ2n) is 8.22. The van der Waals surface area contributed by atoms with Gasteiger partial charge in [0.05, 0.1) is 0 Å². The van der Waals surface area contributed by atoms with E-state index < -0.39 is 29.5 Å². The monoisotopic (exact) mass is 405 g/mol. The summed E-state index contributed by atoms with van der Waals surface area (Å²) in [6, 6.07) is 10.1. The van der Waals surface area contributed by atoms with Crippen LogP contribution in [0.15, 0.2) is 30.3 Å². The van der Waals surface area contributed by atoms with Crippen LogP contribution in [0, 0.1) is 11.9 Å². The summed E-state index contributed by atoms with van der Waals surface area (Å²) in [6.07, 6.45) is 3.40. The number of benzene rings is 1. The van der Waals surface area contributed by atoms with Gasteiger partial charge in [0, 0.05) is 19.1 Å². The molecular formula is C22H26F3N3O. The number of hydrogen-bond donors (Lipinski definition) is 0. The molecule has 7 heteroatoms. The number of aromatic nitrogens is 2. The van der Waals surface area contributed by atoms with E-state index in [0.29, 0.717) is 0 Å². The molecule has 0 spiro atoms. The summed E-state index contributed by atoms with van der Waals surface area (Å²) in [4.78, 5) is 15.1. The van der Waals surface area contributed by atoms with Gasteiger partial charge in [0.15, 0.2) is 0 Å². The number of alkyl halides is 2. The second-order valence-corrected chi connectivity index (χ2v) is 8.22. The van der Waals surface area contributed by atoms with Gasteiger partial charge in [-0.3, -0.25) is 4.79 Å². The van der Waals surface area contributed by atoms with Crippen molar-refractivity contribution >= 4 is 5.91 Å². The predicted molar refractivity (Wildman–Crippen MR) is 103 cm³/mol. The molecule has 0 bridgehead atoms. The highest BCUT2D eigenvalue weighted by Gasteiger charge is 2.44. The van der Waals surface area contributed by atoms with Gasteiger partial charge >= 0.3 is 0 Å². The normalized spacial score (nSPS) is 22.1. The molecule has 2 atom stereocenters. The zero-order valence-corrected chi connectivity index (χ0v) is 16.5. The lowest BCUT2D eigenvalue weighted by Crippen LogP contribution is -2.48. The van der Waals surface area contributed by atoms with Gasteiger partial charge in [0.2, 0.25) is 5.95 Å². The number of carbonyl (C=O) groups excluding carboxylic acids is 1. The van der Waals surface area contributed by atoms with Crippen LogP contribution in [0.25, 0.3) is 0 Å². The van der Waals surface area contributed by atoms with E-state index in [2.05, 4.69) is 17.2 Å². The Balaban J connectivity index is 1.65. The number of halogens is 3. The van der Waals surface area contributed by atoms with Crippen LogP contribution in [0.1, 0.15) is 66.6 Å². The Morgan fingerprint density at radius 2 is 1.86 bits per heavy atom. The summed E-state index contributed by atoms with van der Waals surface area (Å²) < 4.78 is 42.3. The first-order valence-corrected chi connectivity index (χ1v) is 10.3. The van der Waals surface area contributed by atoms with Crippen LogP contribution in [-0.2, 0) is 13.5 Å². The van der Waals surface area contributed by atoms with Gasteiger partial charge in [-0.2, -0.15) is 9.49 Å². The van der Waals surface area contributed by atoms with Crippen molar-refractivity contribution in [3.05, 3.63) is 53.1 Å². The van der Waals surface area contributed by atoms with E-state index in [1.807, 2.05) is 18.2 Å². The number of nitrogens with zero attached hydrogens (tertiary/aromatic N) is 3. The van der Waals surface area contributed by atoms with Crippen molar-refractivity contribution in [2.75, 3.05) is 0 Å². The van der Waals surface area contributed by atoms with Gasteiger partial charge in [-0.05, 0) is 43.6 Å². The van der Waals surface area contributed by atoms with Crippen LogP contribution in [0.3, 0.4) is 0 Å². The third-order valence-electron chi connectivity index (χ3n) is 6.17. The second kappa shape index (κ2) is 8.20. The SMILES string of the molecule is Cn1nc(C(F)F)c(C(=O)N(C2CC2)C2CCCCC2Cc2ccccc2)c1F. The zero-order valence-electron chi connectivity index (χ0n) is 16.5. The molecule has 2 aliphatic carbocycles. The Hall–Kier alpha value is -2.31. The zero-order chi connectivity index (χ0) is 20.5. The van der Waals surface area contributed by atoms with E-state index in [1.54, 1.807) is 4.90 Å². The van der Waals surface area contributed by atoms with E-state index in [-0.39, 0.29) is 18.0 Å². The number of rotatable bonds is 6. The fraction of sp³-hybridized carbons (Fsp3) is 0.545. The molecule has 2 unspecified atom stereocenters. The molecule has 156 valence electrons. The molecule has 2 saturated carbocycles. The van der Waals surface area contributed by atoms with E-state index in [0.717, 1.165) is 49.6 Å². The minimum absolute atomic E-state index is 0.00834. The summed E-state index contributed by atoms with van der Waals surface area (Å²) in [6.45, 7) is 0. The van der Waals surface area contributed by atoms with Crippen molar-refractivity contribution in [1.82, 2.24) is 14.7 Å². The van der Waals surface area contributed by atoms with Gasteiger partial charge in [0.1, 0.15) is 11.3 Å². The predicted octanol–water partition coefficient (Wildman–Crippen LogP) is 4.90. The molecule has 0 saturated heterocycles. The summed E-state index contributed by atoms with van der Waals surface area (Å²) >= 11 is 0. The molecule has 2 aromatic rings. The van der Waals surface area contributed by atoms with Crippen LogP contribution in [0.2, 0.25) is 0 Å². The van der Waals surface area contributed by atoms with Crippen LogP contribution in [-0.4, -0.2) is 32.7 Å². The Labute approximate surface area is 168 Å². The summed E-state index contributed by atoms with van der Waals surface area (Å²) in [5.41, 5.74) is -0.108. The van der Waals surface area contributed by atoms with Crippen molar-refractivity contribution in [1.29, 1.82) is 0 Å². The number of hydrogen-bond acceptors (Lipinski definition) is 2. The molecule has 0 radical (unpaired) electrons. The fourth-order valence-corrected chi connectivity index (χ4v) is 4.65. The molecule has 2 fully saturated rings. The molecule has 29 heavy (non-hydrogen) atoms. The molecule has 1 heterocycles. The lowest BCUT2D eigenvalue weighted by molar-refractivity contribution is 0.0493. The number of carbonyl (C=O) groups is 1. The topological polar surface area (TPSA) is 38.1 Å². The summed E-state index contributed by atoms with van der Waals surface area (Å²) in [7, 11) is 1.25. The lowest BCUT2D eigenvalue weighted by atomic mass is 9.79. The molecule has 0 aliphatic heterocycles. The molecule has 4 rings (SSSR count). The average molecular weight is 405 g/mol. The minimum Gasteiger partial charge on any atom is -0.332 e. The van der Waals surface area contributed by atoms with Crippen LogP contribution >= 0.6 is 0 Å². The van der Waals surface area contributed by atoms with Crippen molar-refractivity contribution in [3.63, 3.8) is 0 Å². The number of amides is 1. The maximum Gasteiger partial charge on any atom is 0.283 e. The molecule has 2 aliphatic rings. The highest BCUT2D eigenvalue weighted by Crippen LogP contribution is 2.39. The first-order chi connectivity index (χ1) is 14.0. The van der Waals surface area contributed by atoms with E-state index in [4.69, 9.17) is 0 Å². The average Bonchev–Trinajstić information content (AvgIpc) is 3.49. The van der Waals surface area contributed by atoms with Crippen LogP contribution < -0.4 is 0 Å². The van der Waals surface area contributed by atoms with Gasteiger partial charge in [-0.15, -0.1) is 0 Å². The smallest absolute Gasteiger partial charge is 0.283 e. The lowest BCUT2D eigenvalue weighted by Gasteiger charge is -2.40. The first kappa shape index (κ1) is 20.0. The Kier molecular flexibility index (Phi) is 5.65. The van der Waals surface area contributed by atoms with Crippen molar-refractivity contribution in [2.45, 2.75) is 63.5 Å². The quantitative estimate of drug-likeness (QED) is 0.685. The third-order valence-corrected chi connectivity index (χ3v) is 6.17. The van der Waals surface area contributed by atoms with Crippen LogP contribution in [0.4, 0.5) is 13.2 Å². The maximum absolute atomic E-state index is 14.6. The molecule has 1 aromatic heterocycles. The molecule has 1 amide bonds. The fourth-order valence-electron chi connectivity index (χ4n) is 4.65. The molecule has 1 aromatic carbocycles. The Morgan fingerprint density at radius 3 is 2.52 bits per heavy atom. The third kappa shape index (κ3) is 4.05. The highest BCUT2D eigenvalue weighted by molar-refractivity contribution is 5.96. The van der Waals surface area contributed by atoms with E-state index >= 15 is 0 Å². The summed E-state index contributed by atoms with van der Waals surface area (Å²) in [5.74, 6) is -1.37. The van der Waals surface area contributed by atoms with Crippen LogP contribution in [0.5, 0.6) is 0 Å². The van der Waals surface area contributed by atoms with E-state index in [9.17, 15) is 18.0 Å². The molecular weight excluding hydrogens is 379 g/mol. The van der Waals surface area contributed by atoms with Crippen molar-refractivity contribution in [2.24, 2.45) is 13.0 Å².